The van der Waals surface area contributed by atoms with E-state index in [0.29, 0.717) is 6.42 Å². The number of nitrogens with zero attached hydrogens (tertiary/aromatic N) is 2. The minimum atomic E-state index is 0.254. The lowest BCUT2D eigenvalue weighted by molar-refractivity contribution is 0.0975. The van der Waals surface area contributed by atoms with E-state index in [1.807, 2.05) is 10.8 Å². The Balaban J connectivity index is 2.18. The number of aromatic nitrogens is 2. The highest BCUT2D eigenvalue weighted by molar-refractivity contribution is 9.11. The quantitative estimate of drug-likeness (QED) is 0.685. The van der Waals surface area contributed by atoms with Gasteiger partial charge in [-0.2, -0.15) is 0 Å². The molecular formula is C12H13BrN2O. The molecule has 1 aromatic heterocycles. The van der Waals surface area contributed by atoms with Gasteiger partial charge >= 0.3 is 0 Å². The van der Waals surface area contributed by atoms with Gasteiger partial charge in [-0.15, -0.1) is 0 Å². The van der Waals surface area contributed by atoms with Crippen molar-refractivity contribution in [1.82, 2.24) is 9.55 Å². The molecule has 0 spiro atoms. The van der Waals surface area contributed by atoms with Gasteiger partial charge in [0.25, 0.3) is 0 Å². The van der Waals surface area contributed by atoms with Gasteiger partial charge in [-0.1, -0.05) is 15.9 Å². The molecule has 2 aliphatic rings. The standard InChI is InChI=1S/C12H13BrN2O/c13-8-5-6-11-14-9-3-1-2-4-10(16)12(9)15(11)7-8/h7H,1-6H2. The zero-order chi connectivity index (χ0) is 11.1. The van der Waals surface area contributed by atoms with Crippen molar-refractivity contribution in [3.8, 4) is 0 Å². The van der Waals surface area contributed by atoms with Crippen molar-refractivity contribution in [2.45, 2.75) is 38.5 Å². The van der Waals surface area contributed by atoms with E-state index >= 15 is 0 Å². The van der Waals surface area contributed by atoms with Crippen molar-refractivity contribution >= 4 is 27.9 Å². The molecule has 1 aromatic rings. The van der Waals surface area contributed by atoms with Crippen LogP contribution in [0.1, 0.15) is 47.7 Å². The number of carbonyl (C=O) groups excluding carboxylic acids is 1. The Hall–Kier alpha value is -0.900. The summed E-state index contributed by atoms with van der Waals surface area (Å²) in [5.74, 6) is 1.30. The average Bonchev–Trinajstić information content (AvgIpc) is 2.51. The van der Waals surface area contributed by atoms with Crippen molar-refractivity contribution in [2.24, 2.45) is 0 Å². The molecule has 0 saturated heterocycles. The molecule has 4 heteroatoms. The molecule has 0 bridgehead atoms. The fourth-order valence-electron chi connectivity index (χ4n) is 2.45. The normalized spacial score (nSPS) is 19.8. The first-order valence-electron chi connectivity index (χ1n) is 5.75. The Labute approximate surface area is 103 Å². The molecule has 2 heterocycles. The second-order valence-electron chi connectivity index (χ2n) is 4.40. The first-order valence-corrected chi connectivity index (χ1v) is 6.54. The van der Waals surface area contributed by atoms with Gasteiger partial charge in [-0.05, 0) is 25.7 Å². The SMILES string of the molecule is O=C1CCCCc2nc3n(c21)C=C(Br)CC3. The van der Waals surface area contributed by atoms with Gasteiger partial charge in [-0.25, -0.2) is 4.98 Å². The van der Waals surface area contributed by atoms with Crippen LogP contribution in [0.2, 0.25) is 0 Å². The molecule has 3 rings (SSSR count). The van der Waals surface area contributed by atoms with Crippen molar-refractivity contribution in [3.63, 3.8) is 0 Å². The number of halogens is 1. The van der Waals surface area contributed by atoms with Gasteiger partial charge in [0.2, 0.25) is 0 Å². The first-order chi connectivity index (χ1) is 7.75. The number of Topliss-reactive ketones (excluding diaryl/α,β-unsaturated/α-hetero) is 1. The lowest BCUT2D eigenvalue weighted by Gasteiger charge is -2.12. The fourth-order valence-corrected chi connectivity index (χ4v) is 2.85. The van der Waals surface area contributed by atoms with Crippen LogP contribution in [0.4, 0.5) is 0 Å². The molecule has 0 aromatic carbocycles. The molecule has 0 fully saturated rings. The number of hydrogen-bond donors (Lipinski definition) is 0. The summed E-state index contributed by atoms with van der Waals surface area (Å²) in [5.41, 5.74) is 1.85. The number of imidazole rings is 1. The van der Waals surface area contributed by atoms with E-state index in [9.17, 15) is 4.79 Å². The van der Waals surface area contributed by atoms with E-state index < -0.39 is 0 Å². The van der Waals surface area contributed by atoms with Crippen LogP contribution in [0.3, 0.4) is 0 Å². The summed E-state index contributed by atoms with van der Waals surface area (Å²) in [6.07, 6.45) is 7.63. The Morgan fingerprint density at radius 3 is 2.88 bits per heavy atom. The maximum absolute atomic E-state index is 12.0. The number of fused-ring (bicyclic) bond motifs is 3. The number of ketones is 1. The second kappa shape index (κ2) is 3.84. The second-order valence-corrected chi connectivity index (χ2v) is 5.42. The Bertz CT molecular complexity index is 487. The third-order valence-electron chi connectivity index (χ3n) is 3.24. The summed E-state index contributed by atoms with van der Waals surface area (Å²) in [7, 11) is 0. The van der Waals surface area contributed by atoms with E-state index in [0.717, 1.165) is 53.8 Å². The molecule has 0 N–H and O–H groups in total. The molecule has 1 aliphatic carbocycles. The van der Waals surface area contributed by atoms with Gasteiger partial charge in [0.15, 0.2) is 5.78 Å². The molecule has 3 nitrogen and oxygen atoms in total. The van der Waals surface area contributed by atoms with Gasteiger partial charge in [0.1, 0.15) is 11.5 Å². The van der Waals surface area contributed by atoms with Crippen molar-refractivity contribution in [2.75, 3.05) is 0 Å². The lowest BCUT2D eigenvalue weighted by Crippen LogP contribution is -2.10. The van der Waals surface area contributed by atoms with E-state index in [1.54, 1.807) is 0 Å². The van der Waals surface area contributed by atoms with Crippen molar-refractivity contribution < 1.29 is 4.79 Å². The Morgan fingerprint density at radius 2 is 2.00 bits per heavy atom. The highest BCUT2D eigenvalue weighted by Gasteiger charge is 2.25. The maximum Gasteiger partial charge on any atom is 0.181 e. The first kappa shape index (κ1) is 10.3. The van der Waals surface area contributed by atoms with Crippen LogP contribution in [-0.4, -0.2) is 15.3 Å². The van der Waals surface area contributed by atoms with Crippen LogP contribution in [0.25, 0.3) is 6.20 Å². The summed E-state index contributed by atoms with van der Waals surface area (Å²) >= 11 is 3.51. The summed E-state index contributed by atoms with van der Waals surface area (Å²) in [4.78, 5) is 16.7. The van der Waals surface area contributed by atoms with Crippen LogP contribution in [0.15, 0.2) is 4.48 Å². The molecule has 1 aliphatic heterocycles. The molecule has 84 valence electrons. The highest BCUT2D eigenvalue weighted by Crippen LogP contribution is 2.28. The monoisotopic (exact) mass is 280 g/mol. The lowest BCUT2D eigenvalue weighted by atomic mass is 10.2. The number of rotatable bonds is 0. The van der Waals surface area contributed by atoms with Gasteiger partial charge < -0.3 is 0 Å². The van der Waals surface area contributed by atoms with E-state index in [2.05, 4.69) is 20.9 Å². The van der Waals surface area contributed by atoms with Crippen LogP contribution >= 0.6 is 15.9 Å². The van der Waals surface area contributed by atoms with Crippen molar-refractivity contribution in [3.05, 3.63) is 21.7 Å². The fraction of sp³-hybridized carbons (Fsp3) is 0.500. The molecule has 0 unspecified atom stereocenters. The predicted octanol–water partition coefficient (Wildman–Crippen LogP) is 2.93. The van der Waals surface area contributed by atoms with Crippen LogP contribution in [0, 0.1) is 0 Å². The van der Waals surface area contributed by atoms with E-state index in [-0.39, 0.29) is 5.78 Å². The predicted molar refractivity (Wildman–Crippen MR) is 65.6 cm³/mol. The zero-order valence-electron chi connectivity index (χ0n) is 9.00. The van der Waals surface area contributed by atoms with E-state index in [4.69, 9.17) is 0 Å². The molecule has 16 heavy (non-hydrogen) atoms. The largest absolute Gasteiger partial charge is 0.300 e. The highest BCUT2D eigenvalue weighted by atomic mass is 79.9. The van der Waals surface area contributed by atoms with Crippen LogP contribution < -0.4 is 0 Å². The van der Waals surface area contributed by atoms with Crippen molar-refractivity contribution in [1.29, 1.82) is 0 Å². The number of hydrogen-bond acceptors (Lipinski definition) is 2. The Kier molecular flexibility index (Phi) is 2.46. The van der Waals surface area contributed by atoms with Crippen LogP contribution in [-0.2, 0) is 12.8 Å². The topological polar surface area (TPSA) is 34.9 Å². The van der Waals surface area contributed by atoms with Gasteiger partial charge in [0, 0.05) is 23.5 Å². The number of aryl methyl sites for hydroxylation is 2. The summed E-state index contributed by atoms with van der Waals surface area (Å²) < 4.78 is 3.15. The van der Waals surface area contributed by atoms with Crippen LogP contribution in [0.5, 0.6) is 0 Å². The molecule has 0 radical (unpaired) electrons. The third kappa shape index (κ3) is 1.56. The number of carbonyl (C=O) groups is 1. The third-order valence-corrected chi connectivity index (χ3v) is 3.85. The zero-order valence-corrected chi connectivity index (χ0v) is 10.6. The molecule has 0 atom stereocenters. The molecular weight excluding hydrogens is 268 g/mol. The molecule has 0 amide bonds. The smallest absolute Gasteiger partial charge is 0.181 e. The minimum absolute atomic E-state index is 0.254. The average molecular weight is 281 g/mol. The molecule has 0 saturated carbocycles. The Morgan fingerprint density at radius 1 is 1.19 bits per heavy atom. The van der Waals surface area contributed by atoms with Gasteiger partial charge in [0.05, 0.1) is 5.69 Å². The minimum Gasteiger partial charge on any atom is -0.300 e. The maximum atomic E-state index is 12.0. The van der Waals surface area contributed by atoms with E-state index in [1.165, 1.54) is 0 Å². The summed E-state index contributed by atoms with van der Waals surface area (Å²) in [6, 6.07) is 0. The van der Waals surface area contributed by atoms with Gasteiger partial charge in [-0.3, -0.25) is 9.36 Å². The summed E-state index contributed by atoms with van der Waals surface area (Å²) in [5, 5.41) is 0. The summed E-state index contributed by atoms with van der Waals surface area (Å²) in [6.45, 7) is 0. The number of allylic oxidation sites excluding steroid dienone is 1.